The maximum atomic E-state index is 12.5. The fourth-order valence-electron chi connectivity index (χ4n) is 2.05. The van der Waals surface area contributed by atoms with E-state index in [0.29, 0.717) is 26.9 Å². The smallest absolute Gasteiger partial charge is 0.323 e. The molecule has 0 aliphatic heterocycles. The number of nitrogen functional groups attached to an aromatic ring is 1. The van der Waals surface area contributed by atoms with Crippen LogP contribution in [0.2, 0.25) is 10.0 Å². The van der Waals surface area contributed by atoms with Crippen LogP contribution in [0.25, 0.3) is 0 Å². The van der Waals surface area contributed by atoms with Gasteiger partial charge in [-0.25, -0.2) is 0 Å². The van der Waals surface area contributed by atoms with Gasteiger partial charge in [-0.15, -0.1) is 0 Å². The number of hydrogen-bond donors (Lipinski definition) is 2. The molecule has 0 aromatic heterocycles. The van der Waals surface area contributed by atoms with E-state index >= 15 is 0 Å². The highest BCUT2D eigenvalue weighted by atomic mass is 35.5. The van der Waals surface area contributed by atoms with Crippen LogP contribution in [0.1, 0.15) is 15.9 Å². The molecule has 0 aliphatic rings. The molecule has 5 nitrogen and oxygen atoms in total. The molecule has 0 heterocycles. The van der Waals surface area contributed by atoms with Crippen molar-refractivity contribution in [1.29, 1.82) is 0 Å². The molecule has 3 N–H and O–H groups in total. The zero-order chi connectivity index (χ0) is 17.0. The molecule has 0 aliphatic carbocycles. The van der Waals surface area contributed by atoms with E-state index in [0.717, 1.165) is 0 Å². The number of nitrogens with zero attached hydrogens (tertiary/aromatic N) is 1. The standard InChI is InChI=1S/C16H14Cl2N2O3/c17-12-3-1-10(2-4-12)16(23)20(9-15(21)22)8-11-7-13(18)5-6-14(11)19/h1-7H,8-9,19H2,(H,21,22). The minimum absolute atomic E-state index is 0.0418. The first-order valence-corrected chi connectivity index (χ1v) is 7.43. The summed E-state index contributed by atoms with van der Waals surface area (Å²) in [5.74, 6) is -1.55. The molecule has 0 bridgehead atoms. The minimum Gasteiger partial charge on any atom is -0.480 e. The number of aliphatic carboxylic acids is 1. The summed E-state index contributed by atoms with van der Waals surface area (Å²) >= 11 is 11.7. The quantitative estimate of drug-likeness (QED) is 0.808. The van der Waals surface area contributed by atoms with Crippen molar-refractivity contribution in [3.05, 3.63) is 63.6 Å². The molecule has 0 fully saturated rings. The Balaban J connectivity index is 2.29. The number of carboxylic acids is 1. The molecule has 0 saturated heterocycles. The van der Waals surface area contributed by atoms with Crippen molar-refractivity contribution in [3.63, 3.8) is 0 Å². The maximum absolute atomic E-state index is 12.5. The van der Waals surface area contributed by atoms with E-state index in [1.54, 1.807) is 42.5 Å². The first-order valence-electron chi connectivity index (χ1n) is 6.67. The van der Waals surface area contributed by atoms with E-state index in [4.69, 9.17) is 34.0 Å². The van der Waals surface area contributed by atoms with Crippen molar-refractivity contribution in [2.75, 3.05) is 12.3 Å². The van der Waals surface area contributed by atoms with Gasteiger partial charge in [-0.1, -0.05) is 23.2 Å². The number of carbonyl (C=O) groups is 2. The molecule has 1 amide bonds. The van der Waals surface area contributed by atoms with Crippen LogP contribution in [-0.4, -0.2) is 28.4 Å². The van der Waals surface area contributed by atoms with Gasteiger partial charge in [0, 0.05) is 27.8 Å². The lowest BCUT2D eigenvalue weighted by atomic mass is 10.1. The predicted molar refractivity (Wildman–Crippen MR) is 89.7 cm³/mol. The van der Waals surface area contributed by atoms with Crippen molar-refractivity contribution >= 4 is 40.8 Å². The zero-order valence-electron chi connectivity index (χ0n) is 12.0. The number of carbonyl (C=O) groups excluding carboxylic acids is 1. The second-order valence-electron chi connectivity index (χ2n) is 4.90. The Kier molecular flexibility index (Phi) is 5.47. The van der Waals surface area contributed by atoms with Crippen molar-refractivity contribution in [3.8, 4) is 0 Å². The maximum Gasteiger partial charge on any atom is 0.323 e. The van der Waals surface area contributed by atoms with E-state index in [2.05, 4.69) is 0 Å². The molecule has 0 spiro atoms. The highest BCUT2D eigenvalue weighted by Crippen LogP contribution is 2.21. The summed E-state index contributed by atoms with van der Waals surface area (Å²) in [5, 5.41) is 10.0. The zero-order valence-corrected chi connectivity index (χ0v) is 13.5. The van der Waals surface area contributed by atoms with Gasteiger partial charge in [0.05, 0.1) is 0 Å². The third kappa shape index (κ3) is 4.61. The first kappa shape index (κ1) is 17.1. The van der Waals surface area contributed by atoms with E-state index in [1.807, 2.05) is 0 Å². The summed E-state index contributed by atoms with van der Waals surface area (Å²) in [6.07, 6.45) is 0. The summed E-state index contributed by atoms with van der Waals surface area (Å²) in [6, 6.07) is 11.1. The van der Waals surface area contributed by atoms with Gasteiger partial charge in [0.25, 0.3) is 5.91 Å². The molecule has 120 valence electrons. The van der Waals surface area contributed by atoms with Gasteiger partial charge in [-0.05, 0) is 48.0 Å². The van der Waals surface area contributed by atoms with Crippen LogP contribution >= 0.6 is 23.2 Å². The number of anilines is 1. The number of halogens is 2. The van der Waals surface area contributed by atoms with Crippen LogP contribution in [-0.2, 0) is 11.3 Å². The topological polar surface area (TPSA) is 83.6 Å². The Bertz CT molecular complexity index is 733. The second-order valence-corrected chi connectivity index (χ2v) is 5.78. The Morgan fingerprint density at radius 3 is 2.26 bits per heavy atom. The van der Waals surface area contributed by atoms with E-state index < -0.39 is 18.4 Å². The van der Waals surface area contributed by atoms with Crippen molar-refractivity contribution in [2.45, 2.75) is 6.54 Å². The average molecular weight is 353 g/mol. The van der Waals surface area contributed by atoms with Gasteiger partial charge in [-0.2, -0.15) is 0 Å². The molecule has 2 rings (SSSR count). The number of amides is 1. The highest BCUT2D eigenvalue weighted by Gasteiger charge is 2.20. The van der Waals surface area contributed by atoms with E-state index in [9.17, 15) is 9.59 Å². The highest BCUT2D eigenvalue weighted by molar-refractivity contribution is 6.31. The SMILES string of the molecule is Nc1ccc(Cl)cc1CN(CC(=O)O)C(=O)c1ccc(Cl)cc1. The van der Waals surface area contributed by atoms with Crippen LogP contribution in [0, 0.1) is 0 Å². The molecule has 0 atom stereocenters. The van der Waals surface area contributed by atoms with E-state index in [1.165, 1.54) is 4.90 Å². The normalized spacial score (nSPS) is 10.3. The molecule has 23 heavy (non-hydrogen) atoms. The molecular weight excluding hydrogens is 339 g/mol. The summed E-state index contributed by atoms with van der Waals surface area (Å²) in [6.45, 7) is -0.409. The Morgan fingerprint density at radius 2 is 1.65 bits per heavy atom. The summed E-state index contributed by atoms with van der Waals surface area (Å²) in [4.78, 5) is 24.8. The number of nitrogens with two attached hydrogens (primary N) is 1. The summed E-state index contributed by atoms with van der Waals surface area (Å²) in [7, 11) is 0. The number of hydrogen-bond acceptors (Lipinski definition) is 3. The summed E-state index contributed by atoms with van der Waals surface area (Å²) in [5.41, 5.74) is 7.23. The van der Waals surface area contributed by atoms with Crippen LogP contribution in [0.15, 0.2) is 42.5 Å². The Labute approximate surface area is 143 Å². The van der Waals surface area contributed by atoms with Gasteiger partial charge in [0.1, 0.15) is 6.54 Å². The second kappa shape index (κ2) is 7.35. The average Bonchev–Trinajstić information content (AvgIpc) is 2.50. The minimum atomic E-state index is -1.12. The van der Waals surface area contributed by atoms with Crippen molar-refractivity contribution in [1.82, 2.24) is 4.90 Å². The fraction of sp³-hybridized carbons (Fsp3) is 0.125. The lowest BCUT2D eigenvalue weighted by Crippen LogP contribution is -2.35. The number of benzene rings is 2. The van der Waals surface area contributed by atoms with Gasteiger partial charge >= 0.3 is 5.97 Å². The Hall–Kier alpha value is -2.24. The summed E-state index contributed by atoms with van der Waals surface area (Å²) < 4.78 is 0. The predicted octanol–water partition coefficient (Wildman–Crippen LogP) is 3.30. The Morgan fingerprint density at radius 1 is 1.04 bits per heavy atom. The lowest BCUT2D eigenvalue weighted by molar-refractivity contribution is -0.137. The van der Waals surface area contributed by atoms with Crippen LogP contribution < -0.4 is 5.73 Å². The molecule has 7 heteroatoms. The van der Waals surface area contributed by atoms with Gasteiger partial charge in [-0.3, -0.25) is 9.59 Å². The van der Waals surface area contributed by atoms with Gasteiger partial charge in [0.2, 0.25) is 0 Å². The fourth-order valence-corrected chi connectivity index (χ4v) is 2.38. The molecule has 0 radical (unpaired) electrons. The third-order valence-electron chi connectivity index (χ3n) is 3.17. The molecule has 0 unspecified atom stereocenters. The number of carboxylic acid groups (broad SMARTS) is 1. The van der Waals surface area contributed by atoms with Gasteiger partial charge in [0.15, 0.2) is 0 Å². The van der Waals surface area contributed by atoms with Crippen molar-refractivity contribution < 1.29 is 14.7 Å². The molecule has 0 saturated carbocycles. The van der Waals surface area contributed by atoms with Crippen LogP contribution in [0.4, 0.5) is 5.69 Å². The van der Waals surface area contributed by atoms with E-state index in [-0.39, 0.29) is 6.54 Å². The van der Waals surface area contributed by atoms with Gasteiger partial charge < -0.3 is 15.7 Å². The molecule has 2 aromatic carbocycles. The van der Waals surface area contributed by atoms with Crippen LogP contribution in [0.3, 0.4) is 0 Å². The number of rotatable bonds is 5. The molecule has 2 aromatic rings. The third-order valence-corrected chi connectivity index (χ3v) is 3.66. The first-order chi connectivity index (χ1) is 10.9. The largest absolute Gasteiger partial charge is 0.480 e. The van der Waals surface area contributed by atoms with Crippen molar-refractivity contribution in [2.24, 2.45) is 0 Å². The molecular formula is C16H14Cl2N2O3. The lowest BCUT2D eigenvalue weighted by Gasteiger charge is -2.22. The monoisotopic (exact) mass is 352 g/mol. The van der Waals surface area contributed by atoms with Crippen LogP contribution in [0.5, 0.6) is 0 Å².